The number of anilines is 3. The molecule has 2 aromatic carbocycles. The molecule has 30 heavy (non-hydrogen) atoms. The molecule has 2 heterocycles. The first-order valence-electron chi connectivity index (χ1n) is 8.99. The number of nitrogens with one attached hydrogen (secondary N) is 3. The maximum atomic E-state index is 13.0. The fraction of sp³-hybridized carbons (Fsp3) is 0.0476. The summed E-state index contributed by atoms with van der Waals surface area (Å²) in [5, 5.41) is 6.55. The largest absolute Gasteiger partial charge is 0.383 e. The number of H-pyrrole nitrogens is 1. The first kappa shape index (κ1) is 19.4. The van der Waals surface area contributed by atoms with Crippen molar-refractivity contribution < 1.29 is 9.59 Å². The van der Waals surface area contributed by atoms with Crippen LogP contribution >= 0.6 is 11.6 Å². The first-order chi connectivity index (χ1) is 14.4. The van der Waals surface area contributed by atoms with Gasteiger partial charge < -0.3 is 21.4 Å². The number of benzene rings is 2. The molecule has 0 bridgehead atoms. The number of fused-ring (bicyclic) bond motifs is 1. The smallest absolute Gasteiger partial charge is 0.323 e. The van der Waals surface area contributed by atoms with Crippen molar-refractivity contribution in [2.45, 2.75) is 6.92 Å². The van der Waals surface area contributed by atoms with Crippen molar-refractivity contribution in [3.8, 4) is 0 Å². The number of hydrogen-bond acceptors (Lipinski definition) is 5. The van der Waals surface area contributed by atoms with Gasteiger partial charge in [0, 0.05) is 28.2 Å². The first-order valence-corrected chi connectivity index (χ1v) is 9.36. The van der Waals surface area contributed by atoms with E-state index in [9.17, 15) is 9.59 Å². The molecule has 5 N–H and O–H groups in total. The Kier molecular flexibility index (Phi) is 5.07. The normalized spacial score (nSPS) is 10.7. The van der Waals surface area contributed by atoms with Gasteiger partial charge in [-0.15, -0.1) is 0 Å². The van der Waals surface area contributed by atoms with Crippen LogP contribution in [0.25, 0.3) is 11.0 Å². The van der Waals surface area contributed by atoms with Gasteiger partial charge in [-0.1, -0.05) is 23.7 Å². The number of ketones is 1. The predicted octanol–water partition coefficient (Wildman–Crippen LogP) is 4.38. The molecule has 0 aliphatic carbocycles. The molecule has 0 radical (unpaired) electrons. The molecule has 2 amide bonds. The number of nitrogen functional groups attached to an aromatic ring is 1. The van der Waals surface area contributed by atoms with Gasteiger partial charge in [-0.3, -0.25) is 4.79 Å². The summed E-state index contributed by atoms with van der Waals surface area (Å²) < 4.78 is 0. The molecule has 0 spiro atoms. The Hall–Kier alpha value is -3.91. The minimum Gasteiger partial charge on any atom is -0.383 e. The zero-order valence-electron chi connectivity index (χ0n) is 15.9. The van der Waals surface area contributed by atoms with Crippen molar-refractivity contribution >= 4 is 51.6 Å². The maximum Gasteiger partial charge on any atom is 0.323 e. The second kappa shape index (κ2) is 7.84. The average molecular weight is 421 g/mol. The van der Waals surface area contributed by atoms with Gasteiger partial charge in [-0.05, 0) is 42.8 Å². The molecule has 0 atom stereocenters. The van der Waals surface area contributed by atoms with Gasteiger partial charge in [0.2, 0.25) is 0 Å². The Labute approximate surface area is 176 Å². The van der Waals surface area contributed by atoms with E-state index in [4.69, 9.17) is 17.3 Å². The van der Waals surface area contributed by atoms with E-state index in [1.807, 2.05) is 6.92 Å². The van der Waals surface area contributed by atoms with Crippen molar-refractivity contribution in [3.63, 3.8) is 0 Å². The van der Waals surface area contributed by atoms with Gasteiger partial charge in [0.25, 0.3) is 0 Å². The van der Waals surface area contributed by atoms with Gasteiger partial charge in [-0.2, -0.15) is 0 Å². The summed E-state index contributed by atoms with van der Waals surface area (Å²) in [6.45, 7) is 1.84. The van der Waals surface area contributed by atoms with E-state index in [0.29, 0.717) is 38.6 Å². The molecule has 0 unspecified atom stereocenters. The summed E-state index contributed by atoms with van der Waals surface area (Å²) in [5.74, 6) is -0.0445. The number of rotatable bonds is 4. The molecule has 4 aromatic rings. The van der Waals surface area contributed by atoms with E-state index in [1.54, 1.807) is 48.7 Å². The quantitative estimate of drug-likeness (QED) is 0.364. The van der Waals surface area contributed by atoms with Gasteiger partial charge in [-0.25, -0.2) is 14.8 Å². The zero-order chi connectivity index (χ0) is 21.3. The van der Waals surface area contributed by atoms with Gasteiger partial charge >= 0.3 is 6.03 Å². The van der Waals surface area contributed by atoms with E-state index >= 15 is 0 Å². The molecule has 0 saturated heterocycles. The number of aromatic nitrogens is 3. The van der Waals surface area contributed by atoms with Gasteiger partial charge in [0.15, 0.2) is 5.78 Å². The minimum atomic E-state index is -0.435. The summed E-state index contributed by atoms with van der Waals surface area (Å²) in [4.78, 5) is 36.3. The van der Waals surface area contributed by atoms with E-state index in [1.165, 1.54) is 6.33 Å². The molecular weight excluding hydrogens is 404 g/mol. The fourth-order valence-corrected chi connectivity index (χ4v) is 3.34. The van der Waals surface area contributed by atoms with E-state index < -0.39 is 6.03 Å². The van der Waals surface area contributed by atoms with Crippen LogP contribution in [0.15, 0.2) is 55.0 Å². The lowest BCUT2D eigenvalue weighted by molar-refractivity contribution is 0.104. The predicted molar refractivity (Wildman–Crippen MR) is 117 cm³/mol. The molecule has 0 fully saturated rings. The molecule has 8 nitrogen and oxygen atoms in total. The number of urea groups is 1. The Morgan fingerprint density at radius 3 is 2.73 bits per heavy atom. The Balaban J connectivity index is 1.55. The molecule has 9 heteroatoms. The number of nitrogens with zero attached hydrogens (tertiary/aromatic N) is 2. The number of nitrogens with two attached hydrogens (primary N) is 1. The zero-order valence-corrected chi connectivity index (χ0v) is 16.6. The molecule has 150 valence electrons. The van der Waals surface area contributed by atoms with Crippen molar-refractivity contribution in [2.75, 3.05) is 16.4 Å². The summed E-state index contributed by atoms with van der Waals surface area (Å²) in [6, 6.07) is 11.4. The highest BCUT2D eigenvalue weighted by atomic mass is 35.5. The Morgan fingerprint density at radius 2 is 1.93 bits per heavy atom. The van der Waals surface area contributed by atoms with E-state index in [0.717, 1.165) is 5.56 Å². The van der Waals surface area contributed by atoms with Crippen molar-refractivity contribution in [2.24, 2.45) is 0 Å². The lowest BCUT2D eigenvalue weighted by atomic mass is 10.0. The molecule has 2 aromatic heterocycles. The third kappa shape index (κ3) is 3.81. The fourth-order valence-electron chi connectivity index (χ4n) is 3.11. The maximum absolute atomic E-state index is 13.0. The summed E-state index contributed by atoms with van der Waals surface area (Å²) in [6.07, 6.45) is 2.88. The second-order valence-electron chi connectivity index (χ2n) is 6.63. The monoisotopic (exact) mass is 420 g/mol. The highest BCUT2D eigenvalue weighted by Crippen LogP contribution is 2.25. The lowest BCUT2D eigenvalue weighted by Crippen LogP contribution is -2.20. The topological polar surface area (TPSA) is 126 Å². The Bertz CT molecular complexity index is 1280. The SMILES string of the molecule is Cc1cc(Cl)ccc1NC(=O)Nc1cccc(C(=O)c2c[nH]c3ncnc(N)c23)c1. The number of halogens is 1. The second-order valence-corrected chi connectivity index (χ2v) is 7.07. The molecule has 0 aliphatic heterocycles. The number of carbonyl (C=O) groups is 2. The van der Waals surface area contributed by atoms with Crippen molar-refractivity contribution in [1.29, 1.82) is 0 Å². The summed E-state index contributed by atoms with van der Waals surface area (Å²) >= 11 is 5.94. The van der Waals surface area contributed by atoms with Crippen LogP contribution in [0.1, 0.15) is 21.5 Å². The lowest BCUT2D eigenvalue weighted by Gasteiger charge is -2.11. The van der Waals surface area contributed by atoms with Crippen LogP contribution in [-0.2, 0) is 0 Å². The number of aryl methyl sites for hydroxylation is 1. The molecular formula is C21H17ClN6O2. The van der Waals surface area contributed by atoms with Crippen LogP contribution in [-0.4, -0.2) is 26.8 Å². The van der Waals surface area contributed by atoms with Crippen molar-refractivity contribution in [3.05, 3.63) is 76.7 Å². The molecule has 0 saturated carbocycles. The van der Waals surface area contributed by atoms with Crippen LogP contribution in [0.2, 0.25) is 5.02 Å². The number of aromatic amines is 1. The minimum absolute atomic E-state index is 0.219. The molecule has 4 rings (SSSR count). The highest BCUT2D eigenvalue weighted by molar-refractivity contribution is 6.30. The van der Waals surface area contributed by atoms with Crippen molar-refractivity contribution in [1.82, 2.24) is 15.0 Å². The highest BCUT2D eigenvalue weighted by Gasteiger charge is 2.18. The number of hydrogen-bond donors (Lipinski definition) is 4. The average Bonchev–Trinajstić information content (AvgIpc) is 3.15. The van der Waals surface area contributed by atoms with E-state index in [2.05, 4.69) is 25.6 Å². The van der Waals surface area contributed by atoms with Crippen LogP contribution in [0.5, 0.6) is 0 Å². The van der Waals surface area contributed by atoms with Gasteiger partial charge in [0.1, 0.15) is 17.8 Å². The van der Waals surface area contributed by atoms with Crippen LogP contribution < -0.4 is 16.4 Å². The van der Waals surface area contributed by atoms with Gasteiger partial charge in [0.05, 0.1) is 10.9 Å². The third-order valence-corrected chi connectivity index (χ3v) is 4.80. The Morgan fingerprint density at radius 1 is 1.10 bits per heavy atom. The summed E-state index contributed by atoms with van der Waals surface area (Å²) in [5.41, 5.74) is 9.08. The number of amides is 2. The van der Waals surface area contributed by atoms with Crippen LogP contribution in [0.3, 0.4) is 0 Å². The van der Waals surface area contributed by atoms with E-state index in [-0.39, 0.29) is 11.6 Å². The van der Waals surface area contributed by atoms with Crippen LogP contribution in [0.4, 0.5) is 22.0 Å². The standard InChI is InChI=1S/C21H17ClN6O2/c1-11-7-13(22)5-6-16(11)28-21(30)27-14-4-2-3-12(8-14)18(29)15-9-24-20-17(15)19(23)25-10-26-20/h2-10H,1H3,(H2,27,28,30)(H3,23,24,25,26). The third-order valence-electron chi connectivity index (χ3n) is 4.56. The number of carbonyl (C=O) groups excluding carboxylic acids is 2. The molecule has 0 aliphatic rings. The summed E-state index contributed by atoms with van der Waals surface area (Å²) in [7, 11) is 0. The van der Waals surface area contributed by atoms with Crippen LogP contribution in [0, 0.1) is 6.92 Å².